The number of rotatable bonds is 1. The fraction of sp³-hybridized carbons (Fsp3) is 0.571. The molecule has 0 radical (unpaired) electrons. The van der Waals surface area contributed by atoms with Crippen molar-refractivity contribution in [1.82, 2.24) is 4.90 Å². The first kappa shape index (κ1) is 11.7. The molecule has 2 aliphatic heterocycles. The third kappa shape index (κ3) is 1.76. The monoisotopic (exact) mass is 295 g/mol. The Morgan fingerprint density at radius 1 is 1.35 bits per heavy atom. The molecule has 2 aliphatic rings. The molecule has 2 bridgehead atoms. The van der Waals surface area contributed by atoms with Crippen LogP contribution in [0.25, 0.3) is 0 Å². The van der Waals surface area contributed by atoms with E-state index in [0.29, 0.717) is 6.04 Å². The number of nitrogens with zero attached hydrogens (tertiary/aromatic N) is 1. The summed E-state index contributed by atoms with van der Waals surface area (Å²) < 4.78 is 1.12. The van der Waals surface area contributed by atoms with Crippen LogP contribution in [-0.4, -0.2) is 29.2 Å². The lowest BCUT2D eigenvalue weighted by Gasteiger charge is -2.45. The molecule has 1 N–H and O–H groups in total. The first-order valence-electron chi connectivity index (χ1n) is 6.29. The summed E-state index contributed by atoms with van der Waals surface area (Å²) in [4.78, 5) is 2.49. The second-order valence-electron chi connectivity index (χ2n) is 5.44. The Bertz CT molecular complexity index is 419. The maximum absolute atomic E-state index is 10.1. The van der Waals surface area contributed by atoms with E-state index in [1.54, 1.807) is 0 Å². The highest BCUT2D eigenvalue weighted by atomic mass is 79.9. The van der Waals surface area contributed by atoms with Gasteiger partial charge in [-0.15, -0.1) is 0 Å². The maximum atomic E-state index is 10.1. The normalized spacial score (nSPS) is 37.4. The average Bonchev–Trinajstić information content (AvgIpc) is 2.51. The summed E-state index contributed by atoms with van der Waals surface area (Å²) in [5.41, 5.74) is 1.42. The van der Waals surface area contributed by atoms with E-state index in [2.05, 4.69) is 52.1 Å². The smallest absolute Gasteiger partial charge is 0.0576 e. The number of piperidine rings is 1. The zero-order valence-electron chi connectivity index (χ0n) is 10.1. The van der Waals surface area contributed by atoms with Crippen molar-refractivity contribution in [3.8, 4) is 0 Å². The summed E-state index contributed by atoms with van der Waals surface area (Å²) in [6.07, 6.45) is 4.06. The molecular formula is C14H18BrNO. The van der Waals surface area contributed by atoms with Crippen LogP contribution in [0.15, 0.2) is 28.7 Å². The SMILES string of the molecule is CN1C2CCC1(c1ccc(Br)cc1)CC(O)C2. The lowest BCUT2D eigenvalue weighted by molar-refractivity contribution is -0.00626. The van der Waals surface area contributed by atoms with Gasteiger partial charge < -0.3 is 5.11 Å². The lowest BCUT2D eigenvalue weighted by atomic mass is 9.81. The van der Waals surface area contributed by atoms with Crippen molar-refractivity contribution in [1.29, 1.82) is 0 Å². The van der Waals surface area contributed by atoms with E-state index < -0.39 is 0 Å². The molecule has 2 nitrogen and oxygen atoms in total. The highest BCUT2D eigenvalue weighted by Gasteiger charge is 2.50. The van der Waals surface area contributed by atoms with Crippen molar-refractivity contribution < 1.29 is 5.11 Å². The first-order valence-corrected chi connectivity index (χ1v) is 7.08. The minimum Gasteiger partial charge on any atom is -0.393 e. The average molecular weight is 296 g/mol. The number of benzene rings is 1. The highest BCUT2D eigenvalue weighted by molar-refractivity contribution is 9.10. The van der Waals surface area contributed by atoms with Gasteiger partial charge in [0.2, 0.25) is 0 Å². The van der Waals surface area contributed by atoms with Gasteiger partial charge in [0, 0.05) is 16.1 Å². The van der Waals surface area contributed by atoms with Gasteiger partial charge in [0.25, 0.3) is 0 Å². The van der Waals surface area contributed by atoms with Crippen LogP contribution in [0.3, 0.4) is 0 Å². The molecule has 0 amide bonds. The summed E-state index contributed by atoms with van der Waals surface area (Å²) in [5, 5.41) is 10.1. The van der Waals surface area contributed by atoms with Crippen LogP contribution < -0.4 is 0 Å². The number of aliphatic hydroxyl groups excluding tert-OH is 1. The van der Waals surface area contributed by atoms with Gasteiger partial charge in [0.05, 0.1) is 6.10 Å². The van der Waals surface area contributed by atoms with Gasteiger partial charge in [0.15, 0.2) is 0 Å². The molecule has 2 saturated heterocycles. The van der Waals surface area contributed by atoms with Gasteiger partial charge in [-0.2, -0.15) is 0 Å². The number of aliphatic hydroxyl groups is 1. The van der Waals surface area contributed by atoms with Crippen LogP contribution in [0.4, 0.5) is 0 Å². The van der Waals surface area contributed by atoms with Gasteiger partial charge in [-0.05, 0) is 50.4 Å². The van der Waals surface area contributed by atoms with E-state index in [1.165, 1.54) is 18.4 Å². The molecule has 3 heteroatoms. The Kier molecular flexibility index (Phi) is 2.80. The Labute approximate surface area is 111 Å². The van der Waals surface area contributed by atoms with Crippen molar-refractivity contribution in [2.24, 2.45) is 0 Å². The standard InChI is InChI=1S/C14H18BrNO/c1-16-12-6-7-14(16,9-13(17)8-12)10-2-4-11(15)5-3-10/h2-5,12-13,17H,6-9H2,1H3. The number of hydrogen-bond donors (Lipinski definition) is 1. The van der Waals surface area contributed by atoms with E-state index >= 15 is 0 Å². The molecule has 0 aromatic heterocycles. The minimum absolute atomic E-state index is 0.0725. The van der Waals surface area contributed by atoms with Gasteiger partial charge in [-0.1, -0.05) is 28.1 Å². The van der Waals surface area contributed by atoms with E-state index in [0.717, 1.165) is 17.3 Å². The second-order valence-corrected chi connectivity index (χ2v) is 6.35. The molecule has 3 unspecified atom stereocenters. The van der Waals surface area contributed by atoms with E-state index in [1.807, 2.05) is 0 Å². The number of hydrogen-bond acceptors (Lipinski definition) is 2. The lowest BCUT2D eigenvalue weighted by Crippen LogP contribution is -2.49. The van der Waals surface area contributed by atoms with Gasteiger partial charge in [-0.25, -0.2) is 0 Å². The van der Waals surface area contributed by atoms with E-state index in [9.17, 15) is 5.11 Å². The zero-order chi connectivity index (χ0) is 12.0. The van der Waals surface area contributed by atoms with Crippen molar-refractivity contribution >= 4 is 15.9 Å². The van der Waals surface area contributed by atoms with E-state index in [-0.39, 0.29) is 11.6 Å². The third-order valence-electron chi connectivity index (χ3n) is 4.61. The molecule has 1 aromatic rings. The maximum Gasteiger partial charge on any atom is 0.0576 e. The van der Waals surface area contributed by atoms with Crippen LogP contribution in [0, 0.1) is 0 Å². The molecule has 0 saturated carbocycles. The Hall–Kier alpha value is -0.380. The summed E-state index contributed by atoms with van der Waals surface area (Å²) in [6.45, 7) is 0. The molecule has 17 heavy (non-hydrogen) atoms. The van der Waals surface area contributed by atoms with Crippen LogP contribution in [0.2, 0.25) is 0 Å². The van der Waals surface area contributed by atoms with Gasteiger partial charge in [-0.3, -0.25) is 4.90 Å². The van der Waals surface area contributed by atoms with Crippen LogP contribution in [0.1, 0.15) is 31.2 Å². The largest absolute Gasteiger partial charge is 0.393 e. The molecule has 2 fully saturated rings. The quantitative estimate of drug-likeness (QED) is 0.861. The molecule has 3 rings (SSSR count). The molecule has 92 valence electrons. The van der Waals surface area contributed by atoms with Crippen LogP contribution in [-0.2, 0) is 5.54 Å². The van der Waals surface area contributed by atoms with Crippen molar-refractivity contribution in [3.05, 3.63) is 34.3 Å². The Balaban J connectivity index is 2.01. The highest BCUT2D eigenvalue weighted by Crippen LogP contribution is 2.49. The van der Waals surface area contributed by atoms with E-state index in [4.69, 9.17) is 0 Å². The predicted molar refractivity (Wildman–Crippen MR) is 71.8 cm³/mol. The fourth-order valence-corrected chi connectivity index (χ4v) is 3.92. The summed E-state index contributed by atoms with van der Waals surface area (Å²) >= 11 is 3.48. The molecule has 1 aromatic carbocycles. The predicted octanol–water partition coefficient (Wildman–Crippen LogP) is 2.89. The van der Waals surface area contributed by atoms with Crippen LogP contribution >= 0.6 is 15.9 Å². The van der Waals surface area contributed by atoms with Gasteiger partial charge >= 0.3 is 0 Å². The number of halogens is 1. The zero-order valence-corrected chi connectivity index (χ0v) is 11.7. The number of fused-ring (bicyclic) bond motifs is 2. The topological polar surface area (TPSA) is 23.5 Å². The summed E-state index contributed by atoms with van der Waals surface area (Å²) in [6, 6.07) is 9.16. The molecule has 3 atom stereocenters. The molecule has 0 spiro atoms. The minimum atomic E-state index is -0.137. The van der Waals surface area contributed by atoms with Crippen LogP contribution in [0.5, 0.6) is 0 Å². The fourth-order valence-electron chi connectivity index (χ4n) is 3.66. The molecule has 0 aliphatic carbocycles. The summed E-state index contributed by atoms with van der Waals surface area (Å²) in [5.74, 6) is 0. The van der Waals surface area contributed by atoms with Crippen molar-refractivity contribution in [2.75, 3.05) is 7.05 Å². The molecule has 2 heterocycles. The van der Waals surface area contributed by atoms with Crippen molar-refractivity contribution in [3.63, 3.8) is 0 Å². The van der Waals surface area contributed by atoms with Crippen molar-refractivity contribution in [2.45, 2.75) is 43.4 Å². The van der Waals surface area contributed by atoms with Gasteiger partial charge in [0.1, 0.15) is 0 Å². The molecular weight excluding hydrogens is 278 g/mol. The summed E-state index contributed by atoms with van der Waals surface area (Å²) in [7, 11) is 2.21. The Morgan fingerprint density at radius 2 is 2.06 bits per heavy atom. The third-order valence-corrected chi connectivity index (χ3v) is 5.14. The Morgan fingerprint density at radius 3 is 2.76 bits per heavy atom. The first-order chi connectivity index (χ1) is 8.12. The second kappa shape index (κ2) is 4.08.